The molecule has 1 N–H and O–H groups in total. The molecule has 2 rings (SSSR count). The summed E-state index contributed by atoms with van der Waals surface area (Å²) in [6, 6.07) is 0. The van der Waals surface area contributed by atoms with Gasteiger partial charge in [-0.15, -0.1) is 0 Å². The maximum Gasteiger partial charge on any atom is 0.373 e. The SMILES string of the molecule is CC(C)OC(=O)C1C2CCC(C2)C1C(=O)OCCC(F)(F)S(=O)(=O)O. The average Bonchev–Trinajstić information content (AvgIpc) is 3.05. The molecule has 0 radical (unpaired) electrons. The molecule has 0 aromatic carbocycles. The Balaban J connectivity index is 1.98. The molecule has 144 valence electrons. The molecular formula is C15H22F2O7S. The summed E-state index contributed by atoms with van der Waals surface area (Å²) in [5.41, 5.74) is 0. The fourth-order valence-corrected chi connectivity index (χ4v) is 4.12. The summed E-state index contributed by atoms with van der Waals surface area (Å²) in [4.78, 5) is 24.5. The van der Waals surface area contributed by atoms with E-state index in [1.807, 2.05) is 0 Å². The molecule has 0 amide bonds. The molecule has 0 heterocycles. The van der Waals surface area contributed by atoms with Crippen LogP contribution in [0.4, 0.5) is 8.78 Å². The molecule has 2 aliphatic rings. The highest BCUT2D eigenvalue weighted by Gasteiger charge is 2.55. The van der Waals surface area contributed by atoms with Crippen LogP contribution < -0.4 is 0 Å². The Labute approximate surface area is 144 Å². The normalized spacial score (nSPS) is 29.0. The van der Waals surface area contributed by atoms with Crippen LogP contribution in [0.3, 0.4) is 0 Å². The van der Waals surface area contributed by atoms with Gasteiger partial charge in [0.25, 0.3) is 0 Å². The zero-order chi connectivity index (χ0) is 19.0. The lowest BCUT2D eigenvalue weighted by Crippen LogP contribution is -2.38. The van der Waals surface area contributed by atoms with Gasteiger partial charge in [0.15, 0.2) is 0 Å². The van der Waals surface area contributed by atoms with Crippen molar-refractivity contribution in [3.63, 3.8) is 0 Å². The van der Waals surface area contributed by atoms with E-state index >= 15 is 0 Å². The highest BCUT2D eigenvalue weighted by molar-refractivity contribution is 7.86. The molecule has 4 unspecified atom stereocenters. The van der Waals surface area contributed by atoms with Crippen molar-refractivity contribution in [2.75, 3.05) is 6.61 Å². The van der Waals surface area contributed by atoms with E-state index in [-0.39, 0.29) is 17.9 Å². The van der Waals surface area contributed by atoms with Gasteiger partial charge in [0.1, 0.15) is 0 Å². The Kier molecular flexibility index (Phi) is 5.72. The molecule has 7 nitrogen and oxygen atoms in total. The zero-order valence-corrected chi connectivity index (χ0v) is 14.8. The highest BCUT2D eigenvalue weighted by Crippen LogP contribution is 2.53. The number of hydrogen-bond acceptors (Lipinski definition) is 6. The van der Waals surface area contributed by atoms with Crippen molar-refractivity contribution in [3.8, 4) is 0 Å². The molecule has 0 aliphatic heterocycles. The van der Waals surface area contributed by atoms with E-state index < -0.39 is 52.2 Å². The first-order chi connectivity index (χ1) is 11.4. The summed E-state index contributed by atoms with van der Waals surface area (Å²) in [5.74, 6) is -2.77. The fraction of sp³-hybridized carbons (Fsp3) is 0.867. The predicted molar refractivity (Wildman–Crippen MR) is 81.1 cm³/mol. The topological polar surface area (TPSA) is 107 Å². The lowest BCUT2D eigenvalue weighted by Gasteiger charge is -2.28. The van der Waals surface area contributed by atoms with Crippen molar-refractivity contribution >= 4 is 22.1 Å². The van der Waals surface area contributed by atoms with Crippen LogP contribution in [0, 0.1) is 23.7 Å². The molecule has 0 spiro atoms. The largest absolute Gasteiger partial charge is 0.465 e. The number of carbonyl (C=O) groups is 2. The van der Waals surface area contributed by atoms with Gasteiger partial charge in [-0.05, 0) is 44.9 Å². The van der Waals surface area contributed by atoms with Gasteiger partial charge < -0.3 is 9.47 Å². The second kappa shape index (κ2) is 7.14. The summed E-state index contributed by atoms with van der Waals surface area (Å²) in [7, 11) is -5.56. The van der Waals surface area contributed by atoms with Crippen LogP contribution in [0.15, 0.2) is 0 Å². The highest BCUT2D eigenvalue weighted by atomic mass is 32.2. The summed E-state index contributed by atoms with van der Waals surface area (Å²) in [5, 5.41) is -4.39. The van der Waals surface area contributed by atoms with E-state index in [4.69, 9.17) is 14.0 Å². The third kappa shape index (κ3) is 4.28. The van der Waals surface area contributed by atoms with Gasteiger partial charge in [-0.25, -0.2) is 0 Å². The Morgan fingerprint density at radius 2 is 1.68 bits per heavy atom. The second-order valence-corrected chi connectivity index (χ2v) is 8.45. The minimum absolute atomic E-state index is 0.00746. The first kappa shape index (κ1) is 20.0. The van der Waals surface area contributed by atoms with Crippen LogP contribution in [0.5, 0.6) is 0 Å². The standard InChI is InChI=1S/C15H22F2O7S/c1-8(2)24-14(19)12-10-4-3-9(7-10)11(12)13(18)23-6-5-15(16,17)25(20,21)22/h8-12H,3-7H2,1-2H3,(H,20,21,22). The second-order valence-electron chi connectivity index (χ2n) is 6.90. The zero-order valence-electron chi connectivity index (χ0n) is 14.0. The van der Waals surface area contributed by atoms with Crippen LogP contribution in [0.2, 0.25) is 0 Å². The predicted octanol–water partition coefficient (Wildman–Crippen LogP) is 2.01. The van der Waals surface area contributed by atoms with Gasteiger partial charge in [0.05, 0.1) is 31.0 Å². The quantitative estimate of drug-likeness (QED) is 0.528. The number of ether oxygens (including phenoxy) is 2. The van der Waals surface area contributed by atoms with E-state index in [1.165, 1.54) is 0 Å². The number of hydrogen-bond donors (Lipinski definition) is 1. The molecule has 2 fully saturated rings. The van der Waals surface area contributed by atoms with Gasteiger partial charge in [0.2, 0.25) is 0 Å². The van der Waals surface area contributed by atoms with Gasteiger partial charge in [-0.3, -0.25) is 14.1 Å². The maximum atomic E-state index is 13.2. The fourth-order valence-electron chi connectivity index (χ4n) is 3.78. The smallest absolute Gasteiger partial charge is 0.373 e. The minimum Gasteiger partial charge on any atom is -0.465 e. The molecule has 0 aromatic heterocycles. The van der Waals surface area contributed by atoms with E-state index in [2.05, 4.69) is 0 Å². The monoisotopic (exact) mass is 384 g/mol. The summed E-state index contributed by atoms with van der Waals surface area (Å²) in [6.45, 7) is 2.51. The lowest BCUT2D eigenvalue weighted by atomic mass is 9.79. The van der Waals surface area contributed by atoms with E-state index in [9.17, 15) is 26.8 Å². The van der Waals surface area contributed by atoms with Crippen LogP contribution >= 0.6 is 0 Å². The lowest BCUT2D eigenvalue weighted by molar-refractivity contribution is -0.166. The number of esters is 2. The molecular weight excluding hydrogens is 362 g/mol. The molecule has 2 saturated carbocycles. The summed E-state index contributed by atoms with van der Waals surface area (Å²) in [6.07, 6.45) is 0.541. The van der Waals surface area contributed by atoms with E-state index in [0.717, 1.165) is 12.8 Å². The first-order valence-electron chi connectivity index (χ1n) is 8.16. The number of alkyl halides is 2. The minimum atomic E-state index is -5.56. The van der Waals surface area contributed by atoms with Crippen molar-refractivity contribution in [3.05, 3.63) is 0 Å². The third-order valence-corrected chi connectivity index (χ3v) is 5.79. The van der Waals surface area contributed by atoms with Crippen molar-refractivity contribution in [2.45, 2.75) is 50.9 Å². The summed E-state index contributed by atoms with van der Waals surface area (Å²) < 4.78 is 65.8. The molecule has 4 atom stereocenters. The van der Waals surface area contributed by atoms with Gasteiger partial charge in [-0.1, -0.05) is 0 Å². The summed E-state index contributed by atoms with van der Waals surface area (Å²) >= 11 is 0. The molecule has 2 aliphatic carbocycles. The maximum absolute atomic E-state index is 13.2. The Hall–Kier alpha value is -1.29. The number of halogens is 2. The van der Waals surface area contributed by atoms with Gasteiger partial charge >= 0.3 is 27.3 Å². The van der Waals surface area contributed by atoms with Crippen LogP contribution in [-0.4, -0.2) is 42.9 Å². The number of rotatable bonds is 7. The van der Waals surface area contributed by atoms with Crippen molar-refractivity contribution in [1.29, 1.82) is 0 Å². The first-order valence-corrected chi connectivity index (χ1v) is 9.60. The van der Waals surface area contributed by atoms with Crippen LogP contribution in [0.1, 0.15) is 39.5 Å². The van der Waals surface area contributed by atoms with Gasteiger partial charge in [0, 0.05) is 0 Å². The Bertz CT molecular complexity index is 632. The Morgan fingerprint density at radius 1 is 1.16 bits per heavy atom. The average molecular weight is 384 g/mol. The van der Waals surface area contributed by atoms with Crippen LogP contribution in [-0.2, 0) is 29.2 Å². The third-order valence-electron chi connectivity index (χ3n) is 4.83. The van der Waals surface area contributed by atoms with Gasteiger partial charge in [-0.2, -0.15) is 17.2 Å². The number of carbonyl (C=O) groups excluding carboxylic acids is 2. The number of fused-ring (bicyclic) bond motifs is 2. The Morgan fingerprint density at radius 3 is 2.16 bits per heavy atom. The van der Waals surface area contributed by atoms with Crippen molar-refractivity contribution < 1.29 is 40.8 Å². The molecule has 10 heteroatoms. The van der Waals surface area contributed by atoms with Crippen molar-refractivity contribution in [2.24, 2.45) is 23.7 Å². The van der Waals surface area contributed by atoms with Crippen molar-refractivity contribution in [1.82, 2.24) is 0 Å². The van der Waals surface area contributed by atoms with E-state index in [1.54, 1.807) is 13.8 Å². The van der Waals surface area contributed by atoms with Crippen LogP contribution in [0.25, 0.3) is 0 Å². The van der Waals surface area contributed by atoms with E-state index in [0.29, 0.717) is 6.42 Å². The molecule has 0 saturated heterocycles. The molecule has 2 bridgehead atoms. The molecule has 0 aromatic rings. The molecule has 25 heavy (non-hydrogen) atoms.